The maximum absolute atomic E-state index is 11.5. The van der Waals surface area contributed by atoms with E-state index < -0.39 is 18.0 Å². The monoisotopic (exact) mass is 237 g/mol. The first-order valence-electron chi connectivity index (χ1n) is 5.14. The Morgan fingerprint density at radius 3 is 2.71 bits per heavy atom. The number of nitrogen functional groups attached to an aromatic ring is 1. The minimum atomic E-state index is -0.895. The van der Waals surface area contributed by atoms with Crippen LogP contribution < -0.4 is 5.73 Å². The predicted octanol–water partition coefficient (Wildman–Crippen LogP) is 0.916. The molecule has 0 saturated carbocycles. The second-order valence-corrected chi connectivity index (χ2v) is 3.58. The van der Waals surface area contributed by atoms with Crippen LogP contribution in [0.5, 0.6) is 0 Å². The third-order valence-electron chi connectivity index (χ3n) is 2.14. The molecule has 1 atom stereocenters. The standard InChI is InChI=1S/C12H15NO4/c1-8(12(15)16-2)17-11(14)7-9-4-3-5-10(13)6-9/h3-6,8H,7,13H2,1-2H3. The van der Waals surface area contributed by atoms with Gasteiger partial charge in [0.2, 0.25) is 0 Å². The van der Waals surface area contributed by atoms with Gasteiger partial charge in [0.15, 0.2) is 6.10 Å². The van der Waals surface area contributed by atoms with Crippen LogP contribution in [0.1, 0.15) is 12.5 Å². The number of hydrogen-bond donors (Lipinski definition) is 1. The summed E-state index contributed by atoms with van der Waals surface area (Å²) in [6, 6.07) is 6.93. The summed E-state index contributed by atoms with van der Waals surface area (Å²) in [5.41, 5.74) is 6.90. The molecule has 0 saturated heterocycles. The lowest BCUT2D eigenvalue weighted by Crippen LogP contribution is -2.26. The molecule has 92 valence electrons. The van der Waals surface area contributed by atoms with Gasteiger partial charge >= 0.3 is 11.9 Å². The van der Waals surface area contributed by atoms with Crippen LogP contribution >= 0.6 is 0 Å². The molecule has 0 spiro atoms. The summed E-state index contributed by atoms with van der Waals surface area (Å²) >= 11 is 0. The fourth-order valence-electron chi connectivity index (χ4n) is 1.32. The van der Waals surface area contributed by atoms with Crippen LogP contribution in [0.4, 0.5) is 5.69 Å². The average Bonchev–Trinajstić information content (AvgIpc) is 2.27. The first-order chi connectivity index (χ1) is 8.02. The molecule has 0 amide bonds. The van der Waals surface area contributed by atoms with Gasteiger partial charge in [0, 0.05) is 5.69 Å². The number of hydrogen-bond acceptors (Lipinski definition) is 5. The molecule has 1 rings (SSSR count). The highest BCUT2D eigenvalue weighted by Crippen LogP contribution is 2.08. The molecule has 0 heterocycles. The van der Waals surface area contributed by atoms with Crippen molar-refractivity contribution < 1.29 is 19.1 Å². The fourth-order valence-corrected chi connectivity index (χ4v) is 1.32. The molecule has 1 aromatic rings. The van der Waals surface area contributed by atoms with E-state index in [9.17, 15) is 9.59 Å². The van der Waals surface area contributed by atoms with E-state index in [1.165, 1.54) is 14.0 Å². The molecule has 0 aliphatic carbocycles. The molecule has 0 radical (unpaired) electrons. The summed E-state index contributed by atoms with van der Waals surface area (Å²) in [5, 5.41) is 0. The van der Waals surface area contributed by atoms with E-state index in [-0.39, 0.29) is 6.42 Å². The number of rotatable bonds is 4. The summed E-state index contributed by atoms with van der Waals surface area (Å²) < 4.78 is 9.34. The van der Waals surface area contributed by atoms with E-state index in [0.29, 0.717) is 5.69 Å². The number of ether oxygens (including phenoxy) is 2. The van der Waals surface area contributed by atoms with Crippen LogP contribution in [0.3, 0.4) is 0 Å². The molecule has 17 heavy (non-hydrogen) atoms. The van der Waals surface area contributed by atoms with Crippen LogP contribution in [0, 0.1) is 0 Å². The molecular weight excluding hydrogens is 222 g/mol. The highest BCUT2D eigenvalue weighted by molar-refractivity contribution is 5.80. The van der Waals surface area contributed by atoms with Crippen molar-refractivity contribution >= 4 is 17.6 Å². The van der Waals surface area contributed by atoms with E-state index in [1.807, 2.05) is 0 Å². The Morgan fingerprint density at radius 1 is 1.41 bits per heavy atom. The fraction of sp³-hybridized carbons (Fsp3) is 0.333. The Morgan fingerprint density at radius 2 is 2.12 bits per heavy atom. The van der Waals surface area contributed by atoms with Crippen molar-refractivity contribution in [3.63, 3.8) is 0 Å². The average molecular weight is 237 g/mol. The topological polar surface area (TPSA) is 78.6 Å². The molecule has 0 aliphatic heterocycles. The van der Waals surface area contributed by atoms with Crippen LogP contribution in [-0.4, -0.2) is 25.2 Å². The van der Waals surface area contributed by atoms with Crippen molar-refractivity contribution in [2.24, 2.45) is 0 Å². The molecule has 0 fully saturated rings. The Hall–Kier alpha value is -2.04. The quantitative estimate of drug-likeness (QED) is 0.622. The van der Waals surface area contributed by atoms with Crippen molar-refractivity contribution in [3.05, 3.63) is 29.8 Å². The number of nitrogens with two attached hydrogens (primary N) is 1. The first-order valence-corrected chi connectivity index (χ1v) is 5.14. The Balaban J connectivity index is 2.53. The minimum Gasteiger partial charge on any atom is -0.466 e. The predicted molar refractivity (Wildman–Crippen MR) is 62.1 cm³/mol. The van der Waals surface area contributed by atoms with E-state index in [0.717, 1.165) is 5.56 Å². The molecule has 0 bridgehead atoms. The van der Waals surface area contributed by atoms with Gasteiger partial charge in [-0.05, 0) is 24.6 Å². The largest absolute Gasteiger partial charge is 0.466 e. The van der Waals surface area contributed by atoms with Crippen molar-refractivity contribution in [2.75, 3.05) is 12.8 Å². The highest BCUT2D eigenvalue weighted by Gasteiger charge is 2.18. The molecule has 5 nitrogen and oxygen atoms in total. The molecule has 1 unspecified atom stereocenters. The number of esters is 2. The summed E-state index contributed by atoms with van der Waals surface area (Å²) in [4.78, 5) is 22.5. The normalized spacial score (nSPS) is 11.6. The Kier molecular flexibility index (Phi) is 4.51. The van der Waals surface area contributed by atoms with Gasteiger partial charge in [-0.25, -0.2) is 4.79 Å². The summed E-state index contributed by atoms with van der Waals surface area (Å²) in [6.45, 7) is 1.46. The molecule has 0 aromatic heterocycles. The number of anilines is 1. The summed E-state index contributed by atoms with van der Waals surface area (Å²) in [6.07, 6.45) is -0.819. The number of methoxy groups -OCH3 is 1. The zero-order valence-electron chi connectivity index (χ0n) is 9.80. The first kappa shape index (κ1) is 13.0. The smallest absolute Gasteiger partial charge is 0.346 e. The minimum absolute atomic E-state index is 0.0758. The van der Waals surface area contributed by atoms with E-state index in [1.54, 1.807) is 24.3 Å². The van der Waals surface area contributed by atoms with E-state index >= 15 is 0 Å². The summed E-state index contributed by atoms with van der Waals surface area (Å²) in [7, 11) is 1.24. The zero-order valence-corrected chi connectivity index (χ0v) is 9.80. The molecular formula is C12H15NO4. The molecule has 5 heteroatoms. The lowest BCUT2D eigenvalue weighted by atomic mass is 10.1. The van der Waals surface area contributed by atoms with Crippen molar-refractivity contribution in [2.45, 2.75) is 19.4 Å². The van der Waals surface area contributed by atoms with Crippen LogP contribution in [0.25, 0.3) is 0 Å². The van der Waals surface area contributed by atoms with Gasteiger partial charge in [-0.1, -0.05) is 12.1 Å². The number of carbonyl (C=O) groups excluding carboxylic acids is 2. The third-order valence-corrected chi connectivity index (χ3v) is 2.14. The van der Waals surface area contributed by atoms with Gasteiger partial charge in [-0.15, -0.1) is 0 Å². The lowest BCUT2D eigenvalue weighted by molar-refractivity contribution is -0.164. The third kappa shape index (κ3) is 4.14. The molecule has 1 aromatic carbocycles. The Bertz CT molecular complexity index is 417. The van der Waals surface area contributed by atoms with Crippen molar-refractivity contribution in [1.29, 1.82) is 0 Å². The van der Waals surface area contributed by atoms with Gasteiger partial charge in [-0.3, -0.25) is 4.79 Å². The maximum atomic E-state index is 11.5. The second kappa shape index (κ2) is 5.89. The second-order valence-electron chi connectivity index (χ2n) is 3.58. The SMILES string of the molecule is COC(=O)C(C)OC(=O)Cc1cccc(N)c1. The van der Waals surface area contributed by atoms with Crippen LogP contribution in [0.15, 0.2) is 24.3 Å². The van der Waals surface area contributed by atoms with Gasteiger partial charge in [0.05, 0.1) is 13.5 Å². The van der Waals surface area contributed by atoms with Crippen LogP contribution in [-0.2, 0) is 25.5 Å². The molecule has 0 aliphatic rings. The van der Waals surface area contributed by atoms with Gasteiger partial charge < -0.3 is 15.2 Å². The van der Waals surface area contributed by atoms with E-state index in [2.05, 4.69) is 4.74 Å². The summed E-state index contributed by atoms with van der Waals surface area (Å²) in [5.74, 6) is -1.07. The number of benzene rings is 1. The lowest BCUT2D eigenvalue weighted by Gasteiger charge is -2.10. The van der Waals surface area contributed by atoms with Gasteiger partial charge in [0.1, 0.15) is 0 Å². The molecule has 2 N–H and O–H groups in total. The van der Waals surface area contributed by atoms with Gasteiger partial charge in [-0.2, -0.15) is 0 Å². The highest BCUT2D eigenvalue weighted by atomic mass is 16.6. The number of carbonyl (C=O) groups is 2. The maximum Gasteiger partial charge on any atom is 0.346 e. The van der Waals surface area contributed by atoms with Crippen molar-refractivity contribution in [1.82, 2.24) is 0 Å². The van der Waals surface area contributed by atoms with Crippen LogP contribution in [0.2, 0.25) is 0 Å². The Labute approximate surface area is 99.5 Å². The van der Waals surface area contributed by atoms with E-state index in [4.69, 9.17) is 10.5 Å². The van der Waals surface area contributed by atoms with Gasteiger partial charge in [0.25, 0.3) is 0 Å². The van der Waals surface area contributed by atoms with Crippen molar-refractivity contribution in [3.8, 4) is 0 Å². The zero-order chi connectivity index (χ0) is 12.8.